The van der Waals surface area contributed by atoms with Crippen LogP contribution in [-0.2, 0) is 19.1 Å². The second-order valence-electron chi connectivity index (χ2n) is 16.3. The quantitative estimate of drug-likeness (QED) is 0.137. The largest absolute Gasteiger partial charge is 0.453 e. The van der Waals surface area contributed by atoms with Crippen molar-refractivity contribution < 1.29 is 28.7 Å². The number of rotatable bonds is 9. The highest BCUT2D eigenvalue weighted by molar-refractivity contribution is 5.80. The third kappa shape index (κ3) is 8.46. The number of hydrogen-bond acceptors (Lipinski definition) is 8. The molecule has 8 rings (SSSR count). The number of amides is 4. The highest BCUT2D eigenvalue weighted by Gasteiger charge is 2.39. The molecule has 4 fully saturated rings. The van der Waals surface area contributed by atoms with Gasteiger partial charge in [0.25, 0.3) is 0 Å². The fourth-order valence-electron chi connectivity index (χ4n) is 9.51. The lowest BCUT2D eigenvalue weighted by atomic mass is 9.85. The summed E-state index contributed by atoms with van der Waals surface area (Å²) in [6, 6.07) is 16.8. The minimum Gasteiger partial charge on any atom is -0.453 e. The maximum atomic E-state index is 13.6. The number of alkyl carbamates (subject to hydrolysis) is 2. The molecule has 2 saturated heterocycles. The number of carbonyl (C=O) groups excluding carboxylic acids is 4. The molecule has 0 spiro atoms. The van der Waals surface area contributed by atoms with E-state index in [0.717, 1.165) is 135 Å². The summed E-state index contributed by atoms with van der Waals surface area (Å²) in [4.78, 5) is 71.1. The van der Waals surface area contributed by atoms with Crippen molar-refractivity contribution in [2.75, 3.05) is 27.3 Å². The van der Waals surface area contributed by atoms with Gasteiger partial charge in [0.1, 0.15) is 11.6 Å². The first-order valence-corrected chi connectivity index (χ1v) is 20.9. The Morgan fingerprint density at radius 2 is 0.914 bits per heavy atom. The van der Waals surface area contributed by atoms with Gasteiger partial charge in [0.15, 0.2) is 0 Å². The van der Waals surface area contributed by atoms with Crippen molar-refractivity contribution >= 4 is 24.0 Å². The van der Waals surface area contributed by atoms with Gasteiger partial charge in [-0.3, -0.25) is 9.59 Å². The average molecular weight is 791 g/mol. The first kappa shape index (κ1) is 39.2. The number of nitrogens with zero attached hydrogens (tertiary/aromatic N) is 4. The predicted molar refractivity (Wildman–Crippen MR) is 217 cm³/mol. The lowest BCUT2D eigenvalue weighted by Gasteiger charge is -2.32. The summed E-state index contributed by atoms with van der Waals surface area (Å²) in [5.74, 6) is 1.95. The number of aromatic nitrogens is 4. The maximum absolute atomic E-state index is 13.6. The Hall–Kier alpha value is -5.66. The standard InChI is InChI=1S/C44H54N8O6/c1-57-43(55)47-33-19-15-31(16-20-33)41(53)51-23-3-5-37(51)39-45-25-35(49-39)29-11-7-27(8-12-29)28-9-13-30(14-10-28)36-26-46-40(50-36)38-6-4-24-52(38)42(54)32-17-21-34(22-18-32)48-44(56)58-2/h7-14,25-26,31-34,37-38H,3-6,15-24H2,1-2H3,(H,45,49)(H,46,50)(H,47,55)(H,48,56)/t31?,32?,33?,34?,37-,38-/m0/s1. The SMILES string of the molecule is COC(=O)NC1CCC(C(=O)N2CCC[C@H]2c2ncc(-c3ccc(-c4ccc(-c5cnc([C@@H]6CCCN6C(=O)C6CCC(NC(=O)OC)CC6)[nH]5)cc4)cc3)[nH]2)CC1. The van der Waals surface area contributed by atoms with Gasteiger partial charge in [-0.1, -0.05) is 48.5 Å². The number of methoxy groups -OCH3 is 2. The molecular formula is C44H54N8O6. The van der Waals surface area contributed by atoms with Crippen LogP contribution >= 0.6 is 0 Å². The normalized spacial score (nSPS) is 24.7. The summed E-state index contributed by atoms with van der Waals surface area (Å²) < 4.78 is 9.47. The summed E-state index contributed by atoms with van der Waals surface area (Å²) in [6.45, 7) is 1.47. The van der Waals surface area contributed by atoms with Crippen molar-refractivity contribution in [3.05, 3.63) is 72.6 Å². The zero-order chi connectivity index (χ0) is 40.2. The molecule has 2 atom stereocenters. The number of nitrogens with one attached hydrogen (secondary N) is 4. The smallest absolute Gasteiger partial charge is 0.407 e. The highest BCUT2D eigenvalue weighted by Crippen LogP contribution is 2.38. The summed E-state index contributed by atoms with van der Waals surface area (Å²) in [7, 11) is 2.74. The molecule has 58 heavy (non-hydrogen) atoms. The zero-order valence-electron chi connectivity index (χ0n) is 33.4. The Morgan fingerprint density at radius 1 is 0.552 bits per heavy atom. The Kier molecular flexibility index (Phi) is 11.8. The molecule has 0 radical (unpaired) electrons. The lowest BCUT2D eigenvalue weighted by Crippen LogP contribution is -2.42. The Labute approximate surface area is 338 Å². The molecule has 4 aliphatic rings. The van der Waals surface area contributed by atoms with Crippen molar-refractivity contribution in [2.24, 2.45) is 11.8 Å². The number of imidazole rings is 2. The van der Waals surface area contributed by atoms with Crippen molar-refractivity contribution in [1.29, 1.82) is 0 Å². The van der Waals surface area contributed by atoms with E-state index in [2.05, 4.69) is 69.1 Å². The van der Waals surface area contributed by atoms with E-state index in [1.807, 2.05) is 22.2 Å². The lowest BCUT2D eigenvalue weighted by molar-refractivity contribution is -0.138. The fourth-order valence-corrected chi connectivity index (χ4v) is 9.51. The molecular weight excluding hydrogens is 737 g/mol. The number of carbonyl (C=O) groups is 4. The molecule has 306 valence electrons. The minimum absolute atomic E-state index is 0.0360. The number of hydrogen-bond donors (Lipinski definition) is 4. The summed E-state index contributed by atoms with van der Waals surface area (Å²) in [6.07, 6.45) is 12.7. The molecule has 4 aromatic rings. The molecule has 2 saturated carbocycles. The first-order valence-electron chi connectivity index (χ1n) is 20.9. The van der Waals surface area contributed by atoms with Crippen molar-refractivity contribution in [2.45, 2.75) is 101 Å². The molecule has 14 nitrogen and oxygen atoms in total. The Morgan fingerprint density at radius 3 is 1.28 bits per heavy atom. The number of benzene rings is 2. The van der Waals surface area contributed by atoms with E-state index in [4.69, 9.17) is 19.4 Å². The molecule has 2 aliphatic heterocycles. The van der Waals surface area contributed by atoms with Gasteiger partial charge >= 0.3 is 12.2 Å². The Bertz CT molecular complexity index is 1920. The van der Waals surface area contributed by atoms with Crippen molar-refractivity contribution in [3.8, 4) is 33.6 Å². The van der Waals surface area contributed by atoms with E-state index >= 15 is 0 Å². The topological polar surface area (TPSA) is 175 Å². The number of H-pyrrole nitrogens is 2. The van der Waals surface area contributed by atoms with Crippen LogP contribution in [0.2, 0.25) is 0 Å². The monoisotopic (exact) mass is 790 g/mol. The fraction of sp³-hybridized carbons (Fsp3) is 0.500. The summed E-state index contributed by atoms with van der Waals surface area (Å²) in [5, 5.41) is 5.75. The van der Waals surface area contributed by atoms with Gasteiger partial charge in [0.2, 0.25) is 11.8 Å². The Balaban J connectivity index is 0.858. The van der Waals surface area contributed by atoms with Crippen molar-refractivity contribution in [3.63, 3.8) is 0 Å². The molecule has 14 heteroatoms. The van der Waals surface area contributed by atoms with Crippen LogP contribution in [0, 0.1) is 11.8 Å². The van der Waals surface area contributed by atoms with Gasteiger partial charge in [-0.15, -0.1) is 0 Å². The number of aromatic amines is 2. The van der Waals surface area contributed by atoms with E-state index < -0.39 is 12.2 Å². The zero-order valence-corrected chi connectivity index (χ0v) is 33.4. The van der Waals surface area contributed by atoms with Crippen LogP contribution in [0.5, 0.6) is 0 Å². The van der Waals surface area contributed by atoms with E-state index in [0.29, 0.717) is 0 Å². The van der Waals surface area contributed by atoms with Crippen molar-refractivity contribution in [1.82, 2.24) is 40.4 Å². The van der Waals surface area contributed by atoms with E-state index in [1.165, 1.54) is 14.2 Å². The third-order valence-corrected chi connectivity index (χ3v) is 12.8. The van der Waals surface area contributed by atoms with Crippen LogP contribution in [0.1, 0.15) is 101 Å². The molecule has 2 aromatic carbocycles. The molecule has 4 N–H and O–H groups in total. The third-order valence-electron chi connectivity index (χ3n) is 12.8. The number of likely N-dealkylation sites (tertiary alicyclic amines) is 2. The molecule has 2 aliphatic carbocycles. The van der Waals surface area contributed by atoms with Crippen LogP contribution in [-0.4, -0.2) is 93.1 Å². The molecule has 2 aromatic heterocycles. The van der Waals surface area contributed by atoms with Gasteiger partial charge < -0.3 is 39.9 Å². The van der Waals surface area contributed by atoms with Gasteiger partial charge in [-0.25, -0.2) is 19.6 Å². The maximum Gasteiger partial charge on any atom is 0.407 e. The predicted octanol–water partition coefficient (Wildman–Crippen LogP) is 7.29. The highest BCUT2D eigenvalue weighted by atomic mass is 16.5. The summed E-state index contributed by atoms with van der Waals surface area (Å²) >= 11 is 0. The van der Waals surface area contributed by atoms with E-state index in [-0.39, 0.29) is 47.8 Å². The summed E-state index contributed by atoms with van der Waals surface area (Å²) in [5.41, 5.74) is 6.09. The number of ether oxygens (including phenoxy) is 2. The first-order chi connectivity index (χ1) is 28.3. The molecule has 4 amide bonds. The van der Waals surface area contributed by atoms with Gasteiger partial charge in [0.05, 0.1) is 50.1 Å². The average Bonchev–Trinajstić information content (AvgIpc) is 4.11. The van der Waals surface area contributed by atoms with Gasteiger partial charge in [0, 0.05) is 37.0 Å². The van der Waals surface area contributed by atoms with E-state index in [9.17, 15) is 19.2 Å². The van der Waals surface area contributed by atoms with Crippen LogP contribution in [0.4, 0.5) is 9.59 Å². The molecule has 4 heterocycles. The van der Waals surface area contributed by atoms with Crippen LogP contribution in [0.3, 0.4) is 0 Å². The van der Waals surface area contributed by atoms with Crippen LogP contribution in [0.15, 0.2) is 60.9 Å². The molecule has 0 unspecified atom stereocenters. The van der Waals surface area contributed by atoms with Crippen LogP contribution in [0.25, 0.3) is 33.6 Å². The van der Waals surface area contributed by atoms with Crippen LogP contribution < -0.4 is 10.6 Å². The van der Waals surface area contributed by atoms with Gasteiger partial charge in [-0.05, 0) is 99.3 Å². The van der Waals surface area contributed by atoms with Gasteiger partial charge in [-0.2, -0.15) is 0 Å². The second-order valence-corrected chi connectivity index (χ2v) is 16.3. The second kappa shape index (κ2) is 17.5. The van der Waals surface area contributed by atoms with E-state index in [1.54, 1.807) is 0 Å². The molecule has 0 bridgehead atoms. The minimum atomic E-state index is -0.417.